The van der Waals surface area contributed by atoms with Crippen LogP contribution in [0.1, 0.15) is 11.4 Å². The Hall–Kier alpha value is -2.97. The summed E-state index contributed by atoms with van der Waals surface area (Å²) in [6.07, 6.45) is -3.14. The summed E-state index contributed by atoms with van der Waals surface area (Å²) in [4.78, 5) is 27.8. The Morgan fingerprint density at radius 1 is 1.04 bits per heavy atom. The van der Waals surface area contributed by atoms with Crippen molar-refractivity contribution < 1.29 is 13.2 Å². The van der Waals surface area contributed by atoms with Crippen LogP contribution in [0.15, 0.2) is 52.2 Å². The van der Waals surface area contributed by atoms with Crippen LogP contribution in [0.2, 0.25) is 0 Å². The maximum Gasteiger partial charge on any atom is 0.435 e. The molecule has 0 bridgehead atoms. The van der Waals surface area contributed by atoms with Crippen molar-refractivity contribution in [1.29, 1.82) is 0 Å². The second kappa shape index (κ2) is 5.34. The van der Waals surface area contributed by atoms with Crippen molar-refractivity contribution in [3.8, 4) is 0 Å². The third-order valence-corrected chi connectivity index (χ3v) is 3.09. The van der Waals surface area contributed by atoms with Gasteiger partial charge in [-0.25, -0.2) is 9.67 Å². The predicted octanol–water partition coefficient (Wildman–Crippen LogP) is 1.32. The third kappa shape index (κ3) is 2.98. The van der Waals surface area contributed by atoms with Gasteiger partial charge in [0.2, 0.25) is 0 Å². The summed E-state index contributed by atoms with van der Waals surface area (Å²) in [6, 6.07) is 7.44. The fourth-order valence-electron chi connectivity index (χ4n) is 2.05. The normalized spacial score (nSPS) is 11.8. The van der Waals surface area contributed by atoms with E-state index in [1.807, 2.05) is 0 Å². The second-order valence-electron chi connectivity index (χ2n) is 4.73. The van der Waals surface area contributed by atoms with E-state index < -0.39 is 23.0 Å². The summed E-state index contributed by atoms with van der Waals surface area (Å²) < 4.78 is 39.9. The zero-order chi connectivity index (χ0) is 16.6. The quantitative estimate of drug-likeness (QED) is 0.713. The molecule has 0 unspecified atom stereocenters. The molecule has 3 aromatic heterocycles. The first kappa shape index (κ1) is 14.9. The lowest BCUT2D eigenvalue weighted by molar-refractivity contribution is -0.142. The topological polar surface area (TPSA) is 69.3 Å². The van der Waals surface area contributed by atoms with Gasteiger partial charge in [0.1, 0.15) is 5.65 Å². The molecule has 3 aromatic rings. The minimum Gasteiger partial charge on any atom is -0.269 e. The molecule has 118 valence electrons. The molecule has 6 nitrogen and oxygen atoms in total. The highest BCUT2D eigenvalue weighted by Crippen LogP contribution is 2.26. The molecule has 0 aliphatic carbocycles. The molecule has 0 N–H and O–H groups in total. The lowest BCUT2D eigenvalue weighted by Gasteiger charge is -2.09. The van der Waals surface area contributed by atoms with E-state index in [2.05, 4.69) is 10.1 Å². The highest BCUT2D eigenvalue weighted by Gasteiger charge is 2.33. The number of nitrogens with zero attached hydrogens (tertiary/aromatic N) is 4. The zero-order valence-corrected chi connectivity index (χ0v) is 11.5. The summed E-state index contributed by atoms with van der Waals surface area (Å²) in [5.41, 5.74) is -1.82. The highest BCUT2D eigenvalue weighted by atomic mass is 19.4. The number of halogens is 3. The lowest BCUT2D eigenvalue weighted by atomic mass is 10.3. The largest absolute Gasteiger partial charge is 0.435 e. The van der Waals surface area contributed by atoms with Crippen LogP contribution in [-0.4, -0.2) is 19.2 Å². The van der Waals surface area contributed by atoms with E-state index >= 15 is 0 Å². The summed E-state index contributed by atoms with van der Waals surface area (Å²) in [5, 5.41) is 3.28. The average molecular weight is 322 g/mol. The number of alkyl halides is 3. The van der Waals surface area contributed by atoms with Gasteiger partial charge < -0.3 is 0 Å². The SMILES string of the molecule is O=c1ccc(C(F)(F)F)nn1Cc1cc(=O)n2ccccc2n1. The van der Waals surface area contributed by atoms with Gasteiger partial charge in [-0.15, -0.1) is 0 Å². The Kier molecular flexibility index (Phi) is 3.47. The molecule has 0 saturated carbocycles. The van der Waals surface area contributed by atoms with Crippen LogP contribution in [0.3, 0.4) is 0 Å². The van der Waals surface area contributed by atoms with E-state index in [0.717, 1.165) is 12.1 Å². The first-order chi connectivity index (χ1) is 10.8. The molecule has 0 atom stereocenters. The summed E-state index contributed by atoms with van der Waals surface area (Å²) in [6.45, 7) is -0.330. The van der Waals surface area contributed by atoms with Crippen LogP contribution < -0.4 is 11.1 Å². The Morgan fingerprint density at radius 2 is 1.83 bits per heavy atom. The first-order valence-electron chi connectivity index (χ1n) is 6.47. The predicted molar refractivity (Wildman–Crippen MR) is 74.1 cm³/mol. The van der Waals surface area contributed by atoms with Crippen molar-refractivity contribution in [2.45, 2.75) is 12.7 Å². The van der Waals surface area contributed by atoms with Gasteiger partial charge in [0.15, 0.2) is 5.69 Å². The number of pyridine rings is 1. The molecule has 23 heavy (non-hydrogen) atoms. The minimum absolute atomic E-state index is 0.148. The Morgan fingerprint density at radius 3 is 2.57 bits per heavy atom. The average Bonchev–Trinajstić information content (AvgIpc) is 2.48. The van der Waals surface area contributed by atoms with Crippen LogP contribution in [-0.2, 0) is 12.7 Å². The fourth-order valence-corrected chi connectivity index (χ4v) is 2.05. The Bertz CT molecular complexity index is 991. The molecular weight excluding hydrogens is 313 g/mol. The zero-order valence-electron chi connectivity index (χ0n) is 11.5. The molecule has 0 aromatic carbocycles. The standard InChI is InChI=1S/C14H9F3N4O2/c15-14(16,17)10-4-5-12(22)21(19-10)8-9-7-13(23)20-6-2-1-3-11(20)18-9/h1-7H,8H2. The van der Waals surface area contributed by atoms with Crippen molar-refractivity contribution in [2.75, 3.05) is 0 Å². The maximum absolute atomic E-state index is 12.7. The monoisotopic (exact) mass is 322 g/mol. The van der Waals surface area contributed by atoms with E-state index in [0.29, 0.717) is 16.4 Å². The Labute approximate surface area is 126 Å². The molecule has 0 amide bonds. The number of aromatic nitrogens is 4. The minimum atomic E-state index is -4.66. The molecule has 3 rings (SSSR count). The molecule has 0 aliphatic rings. The lowest BCUT2D eigenvalue weighted by Crippen LogP contribution is -2.27. The summed E-state index contributed by atoms with van der Waals surface area (Å²) in [5.74, 6) is 0. The van der Waals surface area contributed by atoms with Gasteiger partial charge in [-0.05, 0) is 18.2 Å². The number of hydrogen-bond donors (Lipinski definition) is 0. The summed E-state index contributed by atoms with van der Waals surface area (Å²) >= 11 is 0. The number of fused-ring (bicyclic) bond motifs is 1. The van der Waals surface area contributed by atoms with Gasteiger partial charge >= 0.3 is 6.18 Å². The maximum atomic E-state index is 12.7. The van der Waals surface area contributed by atoms with E-state index in [1.54, 1.807) is 18.2 Å². The van der Waals surface area contributed by atoms with Crippen LogP contribution >= 0.6 is 0 Å². The summed E-state index contributed by atoms with van der Waals surface area (Å²) in [7, 11) is 0. The van der Waals surface area contributed by atoms with Gasteiger partial charge in [0, 0.05) is 18.3 Å². The molecule has 9 heteroatoms. The number of rotatable bonds is 2. The van der Waals surface area contributed by atoms with E-state index in [9.17, 15) is 22.8 Å². The fraction of sp³-hybridized carbons (Fsp3) is 0.143. The molecule has 0 spiro atoms. The molecule has 3 heterocycles. The van der Waals surface area contributed by atoms with Gasteiger partial charge in [-0.2, -0.15) is 18.3 Å². The van der Waals surface area contributed by atoms with Gasteiger partial charge in [0.05, 0.1) is 12.2 Å². The van der Waals surface area contributed by atoms with Gasteiger partial charge in [-0.3, -0.25) is 14.0 Å². The van der Waals surface area contributed by atoms with Crippen molar-refractivity contribution in [1.82, 2.24) is 19.2 Å². The van der Waals surface area contributed by atoms with Gasteiger partial charge in [-0.1, -0.05) is 6.07 Å². The van der Waals surface area contributed by atoms with Crippen molar-refractivity contribution in [2.24, 2.45) is 0 Å². The molecule has 0 fully saturated rings. The molecule has 0 radical (unpaired) electrons. The van der Waals surface area contributed by atoms with Crippen LogP contribution in [0.5, 0.6) is 0 Å². The van der Waals surface area contributed by atoms with Crippen molar-refractivity contribution >= 4 is 5.65 Å². The van der Waals surface area contributed by atoms with E-state index in [1.165, 1.54) is 10.6 Å². The van der Waals surface area contributed by atoms with Crippen molar-refractivity contribution in [3.05, 3.63) is 74.7 Å². The van der Waals surface area contributed by atoms with Crippen LogP contribution in [0, 0.1) is 0 Å². The molecule has 0 saturated heterocycles. The van der Waals surface area contributed by atoms with Crippen LogP contribution in [0.25, 0.3) is 5.65 Å². The van der Waals surface area contributed by atoms with Crippen LogP contribution in [0.4, 0.5) is 13.2 Å². The Balaban J connectivity index is 2.06. The first-order valence-corrected chi connectivity index (χ1v) is 6.47. The molecular formula is C14H9F3N4O2. The molecule has 0 aliphatic heterocycles. The number of hydrogen-bond acceptors (Lipinski definition) is 4. The smallest absolute Gasteiger partial charge is 0.269 e. The van der Waals surface area contributed by atoms with Gasteiger partial charge in [0.25, 0.3) is 11.1 Å². The van der Waals surface area contributed by atoms with E-state index in [4.69, 9.17) is 0 Å². The van der Waals surface area contributed by atoms with Crippen molar-refractivity contribution in [3.63, 3.8) is 0 Å². The second-order valence-corrected chi connectivity index (χ2v) is 4.73. The van der Waals surface area contributed by atoms with E-state index in [-0.39, 0.29) is 12.2 Å². The highest BCUT2D eigenvalue weighted by molar-refractivity contribution is 5.38. The third-order valence-electron chi connectivity index (χ3n) is 3.09.